The molecule has 0 atom stereocenters. The summed E-state index contributed by atoms with van der Waals surface area (Å²) < 4.78 is 74.4. The van der Waals surface area contributed by atoms with Crippen LogP contribution in [0.3, 0.4) is 0 Å². The Morgan fingerprint density at radius 3 is 1.24 bits per heavy atom. The van der Waals surface area contributed by atoms with Gasteiger partial charge in [0.05, 0.1) is 37.7 Å². The molecule has 1 aliphatic carbocycles. The molecule has 0 radical (unpaired) electrons. The smallest absolute Gasteiger partial charge is 0.335 e. The summed E-state index contributed by atoms with van der Waals surface area (Å²) >= 11 is 0. The fourth-order valence-electron chi connectivity index (χ4n) is 6.54. The number of para-hydroxylation sites is 2. The van der Waals surface area contributed by atoms with Crippen LogP contribution in [0, 0.1) is 0 Å². The fraction of sp³-hybridized carbons (Fsp3) is 0.409. The Morgan fingerprint density at radius 1 is 0.588 bits per heavy atom. The molecular weight excluding hydrogens is 638 g/mol. The van der Waals surface area contributed by atoms with Gasteiger partial charge in [0.2, 0.25) is 0 Å². The summed E-state index contributed by atoms with van der Waals surface area (Å²) in [5, 5.41) is 10.3. The number of ether oxygens (including phenoxy) is 4. The van der Waals surface area contributed by atoms with Crippen LogP contribution in [0.25, 0.3) is 0 Å². The molecule has 5 rings (SSSR count). The third-order valence-electron chi connectivity index (χ3n) is 8.64. The van der Waals surface area contributed by atoms with Crippen molar-refractivity contribution in [3.05, 3.63) is 111 Å². The number of hydrogen-bond acceptors (Lipinski definition) is 6. The van der Waals surface area contributed by atoms with Gasteiger partial charge in [-0.3, -0.25) is 4.99 Å². The number of carboxylic acid groups (broad SMARTS) is 1. The second-order valence-electron chi connectivity index (χ2n) is 12.9. The molecule has 1 aliphatic rings. The molecule has 0 amide bonds. The number of rotatable bonds is 14. The predicted molar refractivity (Wildman–Crippen MR) is 206 cm³/mol. The molecule has 0 aromatic heterocycles. The second kappa shape index (κ2) is 17.9. The molecule has 0 fully saturated rings. The predicted octanol–water partition coefficient (Wildman–Crippen LogP) is 10.3. The standard InChI is InChI=1S/C44H53NO6/c1-7-17-48-40-30-13-11-15-32(40)23-36-27-39(45-29(5)6)28-37(43(36)51-20-10-4)24-33-16-12-14-31(41(33)49-18-8-2)22-35-26-38(44(46)47)25-34(21-30)42(35)50-19-9-3/h11-16,25-28H,7-10,17-24H2,1-6H3,(H,46,47)/i5D3,6D3. The van der Waals surface area contributed by atoms with Crippen molar-refractivity contribution in [2.45, 2.75) is 92.8 Å². The van der Waals surface area contributed by atoms with Gasteiger partial charge in [-0.2, -0.15) is 0 Å². The summed E-state index contributed by atoms with van der Waals surface area (Å²) in [5.74, 6) is 1.46. The van der Waals surface area contributed by atoms with Gasteiger partial charge < -0.3 is 24.1 Å². The molecule has 4 aromatic carbocycles. The first-order chi connectivity index (χ1) is 27.2. The Bertz CT molecular complexity index is 1950. The fourth-order valence-corrected chi connectivity index (χ4v) is 6.54. The van der Waals surface area contributed by atoms with Gasteiger partial charge in [-0.25, -0.2) is 4.79 Å². The number of carboxylic acids is 1. The molecule has 0 saturated heterocycles. The maximum Gasteiger partial charge on any atom is 0.335 e. The zero-order valence-electron chi connectivity index (χ0n) is 36.2. The lowest BCUT2D eigenvalue weighted by Gasteiger charge is -2.23. The molecular formula is C44H53NO6. The van der Waals surface area contributed by atoms with E-state index in [1.54, 1.807) is 24.3 Å². The molecule has 0 saturated carbocycles. The van der Waals surface area contributed by atoms with Gasteiger partial charge in [0.25, 0.3) is 0 Å². The molecule has 0 heterocycles. The highest BCUT2D eigenvalue weighted by atomic mass is 16.5. The summed E-state index contributed by atoms with van der Waals surface area (Å²) in [6.07, 6.45) is 4.14. The van der Waals surface area contributed by atoms with Crippen LogP contribution in [0.4, 0.5) is 5.69 Å². The first-order valence-electron chi connectivity index (χ1n) is 21.1. The molecule has 0 unspecified atom stereocenters. The average Bonchev–Trinajstić information content (AvgIpc) is 3.14. The Balaban J connectivity index is 1.89. The van der Waals surface area contributed by atoms with Crippen molar-refractivity contribution < 1.29 is 37.1 Å². The third kappa shape index (κ3) is 9.32. The van der Waals surface area contributed by atoms with Crippen molar-refractivity contribution in [3.63, 3.8) is 0 Å². The summed E-state index contributed by atoms with van der Waals surface area (Å²) in [6, 6.07) is 18.5. The minimum Gasteiger partial charge on any atom is -0.493 e. The third-order valence-corrected chi connectivity index (χ3v) is 8.64. The first-order valence-corrected chi connectivity index (χ1v) is 18.1. The molecule has 270 valence electrons. The van der Waals surface area contributed by atoms with Crippen LogP contribution in [-0.2, 0) is 25.7 Å². The summed E-state index contributed by atoms with van der Waals surface area (Å²) in [7, 11) is 0. The van der Waals surface area contributed by atoms with E-state index in [2.05, 4.69) is 4.99 Å². The number of benzene rings is 4. The molecule has 7 nitrogen and oxygen atoms in total. The van der Waals surface area contributed by atoms with E-state index in [1.807, 2.05) is 64.1 Å². The maximum absolute atomic E-state index is 12.6. The van der Waals surface area contributed by atoms with Crippen LogP contribution in [0.15, 0.2) is 65.7 Å². The van der Waals surface area contributed by atoms with Crippen LogP contribution < -0.4 is 18.9 Å². The topological polar surface area (TPSA) is 86.6 Å². The molecule has 7 heteroatoms. The molecule has 51 heavy (non-hydrogen) atoms. The highest BCUT2D eigenvalue weighted by Crippen LogP contribution is 2.41. The largest absolute Gasteiger partial charge is 0.493 e. The summed E-state index contributed by atoms with van der Waals surface area (Å²) in [5.41, 5.74) is 5.52. The van der Waals surface area contributed by atoms with Crippen molar-refractivity contribution >= 4 is 17.4 Å². The highest BCUT2D eigenvalue weighted by molar-refractivity contribution is 5.88. The van der Waals surface area contributed by atoms with Crippen molar-refractivity contribution in [1.82, 2.24) is 0 Å². The highest BCUT2D eigenvalue weighted by Gasteiger charge is 2.24. The zero-order valence-corrected chi connectivity index (χ0v) is 30.2. The molecule has 0 spiro atoms. The minimum atomic E-state index is -2.96. The van der Waals surface area contributed by atoms with Gasteiger partial charge in [0, 0.05) is 50.7 Å². The number of hydrogen-bond donors (Lipinski definition) is 1. The van der Waals surface area contributed by atoms with E-state index in [-0.39, 0.29) is 24.1 Å². The van der Waals surface area contributed by atoms with Gasteiger partial charge in [0.15, 0.2) is 0 Å². The lowest BCUT2D eigenvalue weighted by molar-refractivity contribution is 0.0696. The van der Waals surface area contributed by atoms with Crippen molar-refractivity contribution in [1.29, 1.82) is 0 Å². The number of aromatic carboxylic acids is 1. The Hall–Kier alpha value is -4.78. The Labute approximate surface area is 312 Å². The normalized spacial score (nSPS) is 14.4. The molecule has 1 N–H and O–H groups in total. The molecule has 4 aromatic rings. The average molecular weight is 698 g/mol. The van der Waals surface area contributed by atoms with Crippen molar-refractivity contribution in [2.75, 3.05) is 26.4 Å². The number of fused-ring (bicyclic) bond motifs is 8. The van der Waals surface area contributed by atoms with Crippen molar-refractivity contribution in [3.8, 4) is 23.0 Å². The van der Waals surface area contributed by atoms with Gasteiger partial charge in [-0.1, -0.05) is 64.1 Å². The van der Waals surface area contributed by atoms with Crippen LogP contribution in [-0.4, -0.2) is 43.2 Å². The quantitative estimate of drug-likeness (QED) is 0.116. The summed E-state index contributed by atoms with van der Waals surface area (Å²) in [6.45, 7) is 3.85. The van der Waals surface area contributed by atoms with Gasteiger partial charge in [-0.05, 0) is 97.0 Å². The van der Waals surface area contributed by atoms with E-state index >= 15 is 0 Å². The van der Waals surface area contributed by atoms with Gasteiger partial charge in [0.1, 0.15) is 23.0 Å². The number of carbonyl (C=O) groups is 1. The lowest BCUT2D eigenvalue weighted by atomic mass is 9.90. The van der Waals surface area contributed by atoms with E-state index in [4.69, 9.17) is 27.2 Å². The zero-order chi connectivity index (χ0) is 41.3. The Morgan fingerprint density at radius 2 is 0.922 bits per heavy atom. The van der Waals surface area contributed by atoms with Gasteiger partial charge >= 0.3 is 5.97 Å². The van der Waals surface area contributed by atoms with Crippen LogP contribution in [0.1, 0.15) is 130 Å². The number of aliphatic imine (C=N–C) groups is 1. The lowest BCUT2D eigenvalue weighted by Crippen LogP contribution is -2.11. The second-order valence-corrected chi connectivity index (χ2v) is 12.9. The van der Waals surface area contributed by atoms with E-state index in [9.17, 15) is 9.90 Å². The van der Waals surface area contributed by atoms with Gasteiger partial charge in [-0.15, -0.1) is 0 Å². The molecule has 0 aliphatic heterocycles. The minimum absolute atomic E-state index is 0.151. The van der Waals surface area contributed by atoms with Crippen LogP contribution in [0.2, 0.25) is 0 Å². The SMILES string of the molecule is [2H]C([2H])([2H])C(=Nc1cc2c(OCCC)c(c1)Cc1cccc(c1OCCC)Cc1cc(C(=O)O)cc(c1OCCC)Cc1cccc(c1OCCC)C2)C([2H])([2H])[2H]. The molecule has 8 bridgehead atoms. The van der Waals surface area contributed by atoms with E-state index < -0.39 is 25.4 Å². The Kier molecular flexibility index (Phi) is 10.5. The first kappa shape index (κ1) is 29.9. The van der Waals surface area contributed by atoms with E-state index in [1.165, 1.54) is 0 Å². The summed E-state index contributed by atoms with van der Waals surface area (Å²) in [4.78, 5) is 17.0. The monoisotopic (exact) mass is 697 g/mol. The van der Waals surface area contributed by atoms with E-state index in [0.29, 0.717) is 84.5 Å². The number of nitrogens with zero attached hydrogens (tertiary/aromatic N) is 1. The van der Waals surface area contributed by atoms with Crippen LogP contribution >= 0.6 is 0 Å². The maximum atomic E-state index is 12.6. The van der Waals surface area contributed by atoms with E-state index in [0.717, 1.165) is 47.9 Å². The van der Waals surface area contributed by atoms with Crippen molar-refractivity contribution in [2.24, 2.45) is 4.99 Å². The van der Waals surface area contributed by atoms with Crippen LogP contribution in [0.5, 0.6) is 23.0 Å².